The van der Waals surface area contributed by atoms with Gasteiger partial charge in [-0.05, 0) is 63.0 Å². The average Bonchev–Trinajstić information content (AvgIpc) is 3.24. The molecule has 2 aromatic carbocycles. The summed E-state index contributed by atoms with van der Waals surface area (Å²) in [5.74, 6) is -1.42. The van der Waals surface area contributed by atoms with Crippen LogP contribution in [0.1, 0.15) is 32.1 Å². The first-order chi connectivity index (χ1) is 17.5. The fraction of sp³-hybridized carbons (Fsp3) is 0.280. The monoisotopic (exact) mass is 514 g/mol. The second kappa shape index (κ2) is 10.1. The zero-order chi connectivity index (χ0) is 26.9. The fourth-order valence-corrected chi connectivity index (χ4v) is 4.18. The van der Waals surface area contributed by atoms with Crippen LogP contribution in [0.25, 0.3) is 5.69 Å². The smallest absolute Gasteiger partial charge is 0.378 e. The first-order valence-corrected chi connectivity index (χ1v) is 11.4. The van der Waals surface area contributed by atoms with E-state index in [1.54, 1.807) is 43.3 Å². The number of aromatic nitrogens is 2. The molecular weight excluding hydrogens is 489 g/mol. The molecule has 12 heteroatoms. The molecule has 0 aliphatic carbocycles. The minimum absolute atomic E-state index is 0.00181. The lowest BCUT2D eigenvalue weighted by atomic mass is 10.0. The Morgan fingerprint density at radius 3 is 2.43 bits per heavy atom. The van der Waals surface area contributed by atoms with Crippen LogP contribution in [0.3, 0.4) is 0 Å². The predicted molar refractivity (Wildman–Crippen MR) is 131 cm³/mol. The highest BCUT2D eigenvalue weighted by molar-refractivity contribution is 6.07. The summed E-state index contributed by atoms with van der Waals surface area (Å²) < 4.78 is 42.3. The number of anilines is 2. The van der Waals surface area contributed by atoms with Crippen molar-refractivity contribution in [2.45, 2.75) is 12.6 Å². The average molecular weight is 515 g/mol. The molecule has 9 nitrogen and oxygen atoms in total. The number of fused-ring (bicyclic) bond motifs is 1. The van der Waals surface area contributed by atoms with E-state index in [4.69, 9.17) is 5.73 Å². The Kier molecular flexibility index (Phi) is 7.03. The molecule has 0 fully saturated rings. The Balaban J connectivity index is 1.65. The van der Waals surface area contributed by atoms with Gasteiger partial charge in [0.25, 0.3) is 5.91 Å². The third kappa shape index (κ3) is 5.48. The van der Waals surface area contributed by atoms with Crippen LogP contribution in [0.2, 0.25) is 0 Å². The van der Waals surface area contributed by atoms with E-state index < -0.39 is 23.7 Å². The highest BCUT2D eigenvalue weighted by atomic mass is 19.4. The highest BCUT2D eigenvalue weighted by Crippen LogP contribution is 2.37. The summed E-state index contributed by atoms with van der Waals surface area (Å²) in [6, 6.07) is 12.3. The van der Waals surface area contributed by atoms with Crippen LogP contribution >= 0.6 is 0 Å². The number of rotatable bonds is 8. The molecule has 3 N–H and O–H groups in total. The van der Waals surface area contributed by atoms with E-state index in [2.05, 4.69) is 10.4 Å². The second-order valence-electron chi connectivity index (χ2n) is 8.88. The van der Waals surface area contributed by atoms with E-state index in [9.17, 15) is 27.6 Å². The summed E-state index contributed by atoms with van der Waals surface area (Å²) >= 11 is 0. The molecule has 2 heterocycles. The van der Waals surface area contributed by atoms with Crippen molar-refractivity contribution in [3.05, 3.63) is 71.0 Å². The minimum atomic E-state index is -4.77. The standard InChI is InChI=1S/C25H25F3N6O3/c1-32(2)14-19(35)13-30-16-6-8-17(9-7-16)33-11-10-20-21(24(33)37)34(31-22(20)25(26,27)28)18-5-3-4-15(12-18)23(29)36/h3-9,12,30H,10-11,13-14H2,1-2H3,(H2,29,36). The fourth-order valence-electron chi connectivity index (χ4n) is 4.18. The predicted octanol–water partition coefficient (Wildman–Crippen LogP) is 2.74. The number of amides is 2. The summed E-state index contributed by atoms with van der Waals surface area (Å²) in [6.45, 7) is 0.453. The molecule has 3 aromatic rings. The number of nitrogens with two attached hydrogens (primary N) is 1. The Morgan fingerprint density at radius 1 is 1.11 bits per heavy atom. The molecule has 0 bridgehead atoms. The van der Waals surface area contributed by atoms with Crippen molar-refractivity contribution in [2.24, 2.45) is 5.73 Å². The first-order valence-electron chi connectivity index (χ1n) is 11.4. The number of hydrogen-bond acceptors (Lipinski definition) is 6. The SMILES string of the molecule is CN(C)CC(=O)CNc1ccc(N2CCc3c(C(F)(F)F)nn(-c4cccc(C(N)=O)c4)c3C2=O)cc1. The number of nitrogens with one attached hydrogen (secondary N) is 1. The van der Waals surface area contributed by atoms with Gasteiger partial charge >= 0.3 is 6.18 Å². The van der Waals surface area contributed by atoms with Gasteiger partial charge in [-0.25, -0.2) is 4.68 Å². The summed E-state index contributed by atoms with van der Waals surface area (Å²) in [4.78, 5) is 40.2. The second-order valence-corrected chi connectivity index (χ2v) is 8.88. The van der Waals surface area contributed by atoms with Gasteiger partial charge in [-0.3, -0.25) is 14.4 Å². The number of hydrogen-bond donors (Lipinski definition) is 2. The maximum Gasteiger partial charge on any atom is 0.435 e. The van der Waals surface area contributed by atoms with Crippen LogP contribution in [-0.2, 0) is 17.4 Å². The largest absolute Gasteiger partial charge is 0.435 e. The van der Waals surface area contributed by atoms with Gasteiger partial charge in [0, 0.05) is 29.0 Å². The van der Waals surface area contributed by atoms with Crippen LogP contribution in [0.4, 0.5) is 24.5 Å². The maximum atomic E-state index is 13.8. The maximum absolute atomic E-state index is 13.8. The van der Waals surface area contributed by atoms with E-state index in [1.165, 1.54) is 29.2 Å². The lowest BCUT2D eigenvalue weighted by Crippen LogP contribution is -2.39. The van der Waals surface area contributed by atoms with Gasteiger partial charge in [0.1, 0.15) is 5.69 Å². The van der Waals surface area contributed by atoms with Crippen molar-refractivity contribution in [1.82, 2.24) is 14.7 Å². The van der Waals surface area contributed by atoms with E-state index in [-0.39, 0.29) is 47.8 Å². The quantitative estimate of drug-likeness (QED) is 0.478. The molecule has 0 atom stereocenters. The van der Waals surface area contributed by atoms with Crippen LogP contribution in [0.15, 0.2) is 48.5 Å². The van der Waals surface area contributed by atoms with Crippen LogP contribution in [0.5, 0.6) is 0 Å². The van der Waals surface area contributed by atoms with Crippen molar-refractivity contribution in [2.75, 3.05) is 43.9 Å². The molecule has 0 saturated carbocycles. The molecule has 4 rings (SSSR count). The zero-order valence-electron chi connectivity index (χ0n) is 20.2. The van der Waals surface area contributed by atoms with Crippen molar-refractivity contribution in [3.63, 3.8) is 0 Å². The molecule has 0 saturated heterocycles. The third-order valence-electron chi connectivity index (χ3n) is 5.82. The van der Waals surface area contributed by atoms with Gasteiger partial charge in [0.2, 0.25) is 5.91 Å². The van der Waals surface area contributed by atoms with Gasteiger partial charge in [-0.15, -0.1) is 0 Å². The summed E-state index contributed by atoms with van der Waals surface area (Å²) in [5.41, 5.74) is 5.08. The van der Waals surface area contributed by atoms with Crippen LogP contribution < -0.4 is 16.0 Å². The summed E-state index contributed by atoms with van der Waals surface area (Å²) in [5, 5.41) is 6.75. The lowest BCUT2D eigenvalue weighted by Gasteiger charge is -2.28. The normalized spacial score (nSPS) is 13.6. The molecule has 1 aliphatic heterocycles. The Hall–Kier alpha value is -4.19. The topological polar surface area (TPSA) is 114 Å². The van der Waals surface area contributed by atoms with Gasteiger partial charge in [-0.2, -0.15) is 18.3 Å². The van der Waals surface area contributed by atoms with Crippen molar-refractivity contribution >= 4 is 29.0 Å². The van der Waals surface area contributed by atoms with Crippen molar-refractivity contribution < 1.29 is 27.6 Å². The van der Waals surface area contributed by atoms with Gasteiger partial charge in [0.15, 0.2) is 11.5 Å². The number of ketones is 1. The Labute approximate surface area is 210 Å². The molecule has 37 heavy (non-hydrogen) atoms. The molecule has 0 radical (unpaired) electrons. The highest BCUT2D eigenvalue weighted by Gasteiger charge is 2.43. The minimum Gasteiger partial charge on any atom is -0.378 e. The first kappa shape index (κ1) is 25.9. The molecular formula is C25H25F3N6O3. The van der Waals surface area contributed by atoms with E-state index in [0.29, 0.717) is 17.9 Å². The van der Waals surface area contributed by atoms with Gasteiger partial charge < -0.3 is 20.9 Å². The van der Waals surface area contributed by atoms with Crippen LogP contribution in [0, 0.1) is 0 Å². The van der Waals surface area contributed by atoms with E-state index in [0.717, 1.165) is 4.68 Å². The zero-order valence-corrected chi connectivity index (χ0v) is 20.2. The molecule has 2 amide bonds. The molecule has 1 aliphatic rings. The van der Waals surface area contributed by atoms with Crippen molar-refractivity contribution in [3.8, 4) is 5.69 Å². The number of benzene rings is 2. The lowest BCUT2D eigenvalue weighted by molar-refractivity contribution is -0.142. The summed E-state index contributed by atoms with van der Waals surface area (Å²) in [6.07, 6.45) is -4.83. The number of carbonyl (C=O) groups excluding carboxylic acids is 3. The number of alkyl halides is 3. The number of nitrogens with zero attached hydrogens (tertiary/aromatic N) is 4. The van der Waals surface area contributed by atoms with Gasteiger partial charge in [0.05, 0.1) is 18.8 Å². The number of Topliss-reactive ketones (excluding diaryl/α,β-unsaturated/α-hetero) is 1. The number of carbonyl (C=O) groups is 3. The Morgan fingerprint density at radius 2 is 1.81 bits per heavy atom. The third-order valence-corrected chi connectivity index (χ3v) is 5.82. The molecule has 194 valence electrons. The number of primary amides is 1. The van der Waals surface area contributed by atoms with E-state index >= 15 is 0 Å². The number of halogens is 3. The molecule has 0 spiro atoms. The van der Waals surface area contributed by atoms with Crippen molar-refractivity contribution in [1.29, 1.82) is 0 Å². The number of likely N-dealkylation sites (N-methyl/N-ethyl adjacent to an activating group) is 1. The van der Waals surface area contributed by atoms with E-state index in [1.807, 2.05) is 0 Å². The molecule has 0 unspecified atom stereocenters. The Bertz CT molecular complexity index is 1350. The van der Waals surface area contributed by atoms with Gasteiger partial charge in [-0.1, -0.05) is 6.07 Å². The van der Waals surface area contributed by atoms with Crippen LogP contribution in [-0.4, -0.2) is 66.0 Å². The molecule has 1 aromatic heterocycles. The summed E-state index contributed by atoms with van der Waals surface area (Å²) in [7, 11) is 3.59.